The molecule has 0 saturated carbocycles. The third kappa shape index (κ3) is 2.13. The Morgan fingerprint density at radius 1 is 1.33 bits per heavy atom. The molecule has 2 aromatic heterocycles. The topological polar surface area (TPSA) is 77.4 Å². The van der Waals surface area contributed by atoms with Gasteiger partial charge in [-0.1, -0.05) is 12.2 Å². The number of fused-ring (bicyclic) bond motifs is 3. The summed E-state index contributed by atoms with van der Waals surface area (Å²) in [7, 11) is 1.64. The third-order valence-corrected chi connectivity index (χ3v) is 4.39. The summed E-state index contributed by atoms with van der Waals surface area (Å²) in [5.41, 5.74) is 1.95. The van der Waals surface area contributed by atoms with Crippen LogP contribution in [-0.4, -0.2) is 30.9 Å². The van der Waals surface area contributed by atoms with E-state index in [0.717, 1.165) is 11.3 Å². The smallest absolute Gasteiger partial charge is 0.294 e. The van der Waals surface area contributed by atoms with Gasteiger partial charge in [0, 0.05) is 13.6 Å². The Kier molecular flexibility index (Phi) is 3.70. The average Bonchev–Trinajstić information content (AvgIpc) is 2.91. The maximum atomic E-state index is 12.9. The zero-order valence-electron chi connectivity index (χ0n) is 14.7. The Morgan fingerprint density at radius 3 is 2.58 bits per heavy atom. The fraction of sp³-hybridized carbons (Fsp3) is 0.500. The van der Waals surface area contributed by atoms with Crippen LogP contribution in [-0.2, 0) is 13.6 Å². The molecule has 8 nitrogen and oxygen atoms in total. The molecule has 0 fully saturated rings. The number of hydrazone groups is 1. The summed E-state index contributed by atoms with van der Waals surface area (Å²) < 4.78 is 4.52. The maximum Gasteiger partial charge on any atom is 0.332 e. The molecule has 2 aromatic rings. The van der Waals surface area contributed by atoms with Crippen molar-refractivity contribution in [3.05, 3.63) is 33.0 Å². The number of nitrogens with zero attached hydrogens (tertiary/aromatic N) is 6. The van der Waals surface area contributed by atoms with Crippen molar-refractivity contribution in [2.24, 2.45) is 12.1 Å². The van der Waals surface area contributed by atoms with E-state index in [1.54, 1.807) is 19.0 Å². The highest BCUT2D eigenvalue weighted by Crippen LogP contribution is 2.29. The number of aryl methyl sites for hydroxylation is 1. The summed E-state index contributed by atoms with van der Waals surface area (Å²) in [5, 5.41) is 6.31. The molecular weight excluding hydrogens is 308 g/mol. The van der Waals surface area contributed by atoms with E-state index in [9.17, 15) is 9.59 Å². The summed E-state index contributed by atoms with van der Waals surface area (Å²) in [5.74, 6) is 0.562. The van der Waals surface area contributed by atoms with Crippen molar-refractivity contribution >= 4 is 22.8 Å². The Labute approximate surface area is 139 Å². The van der Waals surface area contributed by atoms with E-state index < -0.39 is 0 Å². The van der Waals surface area contributed by atoms with Crippen molar-refractivity contribution < 1.29 is 0 Å². The molecule has 0 bridgehead atoms. The van der Waals surface area contributed by atoms with Crippen LogP contribution in [0.25, 0.3) is 11.2 Å². The first-order valence-corrected chi connectivity index (χ1v) is 7.96. The summed E-state index contributed by atoms with van der Waals surface area (Å²) in [6.07, 6.45) is 0. The molecule has 0 N–H and O–H groups in total. The van der Waals surface area contributed by atoms with Gasteiger partial charge < -0.3 is 0 Å². The van der Waals surface area contributed by atoms with Gasteiger partial charge >= 0.3 is 5.69 Å². The Morgan fingerprint density at radius 2 is 2.00 bits per heavy atom. The van der Waals surface area contributed by atoms with E-state index in [4.69, 9.17) is 0 Å². The van der Waals surface area contributed by atoms with Crippen molar-refractivity contribution in [2.75, 3.05) is 11.6 Å². The number of hydrogen-bond acceptors (Lipinski definition) is 5. The van der Waals surface area contributed by atoms with Crippen LogP contribution in [0.3, 0.4) is 0 Å². The number of hydrogen-bond donors (Lipinski definition) is 0. The minimum Gasteiger partial charge on any atom is -0.294 e. The van der Waals surface area contributed by atoms with E-state index in [0.29, 0.717) is 30.2 Å². The lowest BCUT2D eigenvalue weighted by Gasteiger charge is -2.29. The predicted molar refractivity (Wildman–Crippen MR) is 94.9 cm³/mol. The quantitative estimate of drug-likeness (QED) is 0.794. The highest BCUT2D eigenvalue weighted by molar-refractivity contribution is 5.91. The van der Waals surface area contributed by atoms with Crippen LogP contribution in [0.15, 0.2) is 26.8 Å². The largest absolute Gasteiger partial charge is 0.332 e. The summed E-state index contributed by atoms with van der Waals surface area (Å²) >= 11 is 0. The van der Waals surface area contributed by atoms with Gasteiger partial charge in [-0.25, -0.2) is 9.80 Å². The van der Waals surface area contributed by atoms with Crippen LogP contribution in [0.4, 0.5) is 5.95 Å². The maximum absolute atomic E-state index is 12.9. The van der Waals surface area contributed by atoms with Gasteiger partial charge in [0.1, 0.15) is 0 Å². The molecule has 1 aliphatic heterocycles. The first-order valence-electron chi connectivity index (χ1n) is 7.96. The minimum atomic E-state index is -0.359. The molecule has 128 valence electrons. The molecule has 0 aliphatic carbocycles. The molecule has 1 atom stereocenters. The number of imidazole rings is 1. The van der Waals surface area contributed by atoms with Crippen LogP contribution >= 0.6 is 0 Å². The monoisotopic (exact) mass is 330 g/mol. The Balaban J connectivity index is 2.43. The predicted octanol–water partition coefficient (Wildman–Crippen LogP) is 1.25. The van der Waals surface area contributed by atoms with E-state index >= 15 is 0 Å². The van der Waals surface area contributed by atoms with Crippen LogP contribution in [0.2, 0.25) is 0 Å². The summed E-state index contributed by atoms with van der Waals surface area (Å²) in [6, 6.07) is -0.109. The molecule has 1 aliphatic rings. The van der Waals surface area contributed by atoms with Crippen LogP contribution in [0, 0.1) is 0 Å². The average molecular weight is 330 g/mol. The van der Waals surface area contributed by atoms with Crippen molar-refractivity contribution in [1.82, 2.24) is 18.7 Å². The van der Waals surface area contributed by atoms with E-state index in [1.165, 1.54) is 9.13 Å². The molecule has 8 heteroatoms. The lowest BCUT2D eigenvalue weighted by atomic mass is 10.2. The molecule has 3 rings (SSSR count). The second-order valence-corrected chi connectivity index (χ2v) is 6.28. The minimum absolute atomic E-state index is 0.109. The highest BCUT2D eigenvalue weighted by Gasteiger charge is 2.30. The van der Waals surface area contributed by atoms with Gasteiger partial charge in [0.25, 0.3) is 5.56 Å². The highest BCUT2D eigenvalue weighted by atomic mass is 16.2. The zero-order valence-corrected chi connectivity index (χ0v) is 14.7. The van der Waals surface area contributed by atoms with Crippen LogP contribution in [0.5, 0.6) is 0 Å². The Bertz CT molecular complexity index is 991. The van der Waals surface area contributed by atoms with Crippen LogP contribution < -0.4 is 16.3 Å². The molecule has 24 heavy (non-hydrogen) atoms. The molecular formula is C16H22N6O2. The molecule has 0 spiro atoms. The zero-order chi connectivity index (χ0) is 17.8. The number of rotatable bonds is 3. The van der Waals surface area contributed by atoms with Crippen LogP contribution in [0.1, 0.15) is 33.7 Å². The molecule has 0 amide bonds. The van der Waals surface area contributed by atoms with E-state index in [1.807, 2.05) is 25.3 Å². The van der Waals surface area contributed by atoms with Gasteiger partial charge in [0.2, 0.25) is 5.95 Å². The van der Waals surface area contributed by atoms with E-state index in [2.05, 4.69) is 16.7 Å². The third-order valence-electron chi connectivity index (χ3n) is 4.39. The van der Waals surface area contributed by atoms with Gasteiger partial charge in [-0.2, -0.15) is 10.1 Å². The second kappa shape index (κ2) is 5.47. The lowest BCUT2D eigenvalue weighted by Crippen LogP contribution is -2.40. The Hall–Kier alpha value is -2.64. The molecule has 3 heterocycles. The van der Waals surface area contributed by atoms with E-state index in [-0.39, 0.29) is 17.3 Å². The van der Waals surface area contributed by atoms with Crippen molar-refractivity contribution in [3.8, 4) is 0 Å². The molecule has 0 saturated heterocycles. The van der Waals surface area contributed by atoms with Gasteiger partial charge in [-0.15, -0.1) is 0 Å². The van der Waals surface area contributed by atoms with Crippen molar-refractivity contribution in [1.29, 1.82) is 0 Å². The lowest BCUT2D eigenvalue weighted by molar-refractivity contribution is 0.622. The number of anilines is 1. The molecule has 0 aromatic carbocycles. The van der Waals surface area contributed by atoms with Gasteiger partial charge in [0.15, 0.2) is 11.2 Å². The molecule has 0 unspecified atom stereocenters. The fourth-order valence-corrected chi connectivity index (χ4v) is 3.02. The van der Waals surface area contributed by atoms with Gasteiger partial charge in [0.05, 0.1) is 18.3 Å². The second-order valence-electron chi connectivity index (χ2n) is 6.28. The standard InChI is InChI=1S/C16H22N6O2/c1-7-20-14(23)12-13(19(6)16(20)24)17-15-21(8-9(2)3)18-10(4)11(5)22(12)15/h11H,2,7-8H2,1,3-6H3/t11-/m1/s1. The fourth-order valence-electron chi connectivity index (χ4n) is 3.02. The van der Waals surface area contributed by atoms with Crippen molar-refractivity contribution in [2.45, 2.75) is 40.3 Å². The summed E-state index contributed by atoms with van der Waals surface area (Å²) in [4.78, 5) is 29.8. The van der Waals surface area contributed by atoms with Gasteiger partial charge in [-0.05, 0) is 27.7 Å². The molecule has 0 radical (unpaired) electrons. The van der Waals surface area contributed by atoms with Gasteiger partial charge in [-0.3, -0.25) is 18.5 Å². The normalized spacial score (nSPS) is 17.1. The summed E-state index contributed by atoms with van der Waals surface area (Å²) in [6.45, 7) is 12.3. The first kappa shape index (κ1) is 16.2. The SMILES string of the molecule is C=C(C)CN1N=C(C)[C@@H](C)n2c1nc1c2c(=O)n(CC)c(=O)n1C. The van der Waals surface area contributed by atoms with Crippen molar-refractivity contribution in [3.63, 3.8) is 0 Å². The first-order chi connectivity index (χ1) is 11.3. The number of aromatic nitrogens is 4.